The molecule has 6 heteroatoms. The summed E-state index contributed by atoms with van der Waals surface area (Å²) in [6.45, 7) is 8.89. The highest BCUT2D eigenvalue weighted by Gasteiger charge is 2.27. The van der Waals surface area contributed by atoms with Gasteiger partial charge in [0.05, 0.1) is 11.1 Å². The molecule has 0 saturated carbocycles. The van der Waals surface area contributed by atoms with Crippen LogP contribution in [0.4, 0.5) is 0 Å². The number of hydrogen-bond donors (Lipinski definition) is 1. The normalized spacial score (nSPS) is 21.4. The van der Waals surface area contributed by atoms with E-state index in [1.165, 1.54) is 0 Å². The van der Waals surface area contributed by atoms with Crippen LogP contribution in [-0.2, 0) is 16.1 Å². The van der Waals surface area contributed by atoms with Gasteiger partial charge in [-0.3, -0.25) is 4.90 Å². The fourth-order valence-electron chi connectivity index (χ4n) is 2.88. The molecule has 128 valence electrons. The van der Waals surface area contributed by atoms with Crippen LogP contribution in [-0.4, -0.2) is 43.2 Å². The predicted molar refractivity (Wildman–Crippen MR) is 93.4 cm³/mol. The maximum Gasteiger partial charge on any atom is 0.344 e. The standard InChI is InChI=1S/C17H25BrN2O3/c1-4-22-16(21)10-23-17-13(5-11(2)6-14(17)18)8-20-7-12(3)15(19)9-20/h5-6,12,15H,4,7-10,19H2,1-3H3. The predicted octanol–water partition coefficient (Wildman–Crippen LogP) is 2.48. The molecular formula is C17H25BrN2O3. The molecule has 0 aromatic heterocycles. The number of likely N-dealkylation sites (tertiary alicyclic amines) is 1. The van der Waals surface area contributed by atoms with Crippen molar-refractivity contribution in [2.24, 2.45) is 11.7 Å². The van der Waals surface area contributed by atoms with E-state index in [1.54, 1.807) is 6.92 Å². The molecule has 5 nitrogen and oxygen atoms in total. The van der Waals surface area contributed by atoms with Gasteiger partial charge in [-0.2, -0.15) is 0 Å². The summed E-state index contributed by atoms with van der Waals surface area (Å²) in [5.41, 5.74) is 8.31. The highest BCUT2D eigenvalue weighted by Crippen LogP contribution is 2.32. The van der Waals surface area contributed by atoms with E-state index in [9.17, 15) is 4.79 Å². The van der Waals surface area contributed by atoms with Gasteiger partial charge in [0, 0.05) is 31.2 Å². The maximum atomic E-state index is 11.5. The number of benzene rings is 1. The van der Waals surface area contributed by atoms with Gasteiger partial charge in [0.2, 0.25) is 0 Å². The lowest BCUT2D eigenvalue weighted by Gasteiger charge is -2.19. The highest BCUT2D eigenvalue weighted by molar-refractivity contribution is 9.10. The van der Waals surface area contributed by atoms with Crippen molar-refractivity contribution in [3.05, 3.63) is 27.7 Å². The number of rotatable bonds is 6. The molecule has 0 amide bonds. The number of hydrogen-bond acceptors (Lipinski definition) is 5. The van der Waals surface area contributed by atoms with Gasteiger partial charge in [-0.15, -0.1) is 0 Å². The Balaban J connectivity index is 2.12. The fourth-order valence-corrected chi connectivity index (χ4v) is 3.61. The molecule has 0 aliphatic carbocycles. The summed E-state index contributed by atoms with van der Waals surface area (Å²) in [5, 5.41) is 0. The topological polar surface area (TPSA) is 64.8 Å². The van der Waals surface area contributed by atoms with Crippen LogP contribution in [0.2, 0.25) is 0 Å². The molecule has 1 saturated heterocycles. The van der Waals surface area contributed by atoms with Gasteiger partial charge in [-0.1, -0.05) is 13.0 Å². The minimum Gasteiger partial charge on any atom is -0.480 e. The molecule has 1 fully saturated rings. The minimum absolute atomic E-state index is 0.0849. The number of carbonyl (C=O) groups is 1. The average molecular weight is 385 g/mol. The smallest absolute Gasteiger partial charge is 0.344 e. The first-order valence-corrected chi connectivity index (χ1v) is 8.75. The summed E-state index contributed by atoms with van der Waals surface area (Å²) in [4.78, 5) is 13.9. The van der Waals surface area contributed by atoms with Crippen molar-refractivity contribution in [3.8, 4) is 5.75 Å². The Morgan fingerprint density at radius 2 is 2.17 bits per heavy atom. The molecule has 2 atom stereocenters. The maximum absolute atomic E-state index is 11.5. The summed E-state index contributed by atoms with van der Waals surface area (Å²) in [5.74, 6) is 0.840. The highest BCUT2D eigenvalue weighted by atomic mass is 79.9. The van der Waals surface area contributed by atoms with E-state index < -0.39 is 0 Å². The first kappa shape index (κ1) is 18.2. The molecule has 0 bridgehead atoms. The number of ether oxygens (including phenoxy) is 2. The summed E-state index contributed by atoms with van der Waals surface area (Å²) in [7, 11) is 0. The first-order valence-electron chi connectivity index (χ1n) is 7.96. The summed E-state index contributed by atoms with van der Waals surface area (Å²) >= 11 is 3.54. The van der Waals surface area contributed by atoms with Gasteiger partial charge < -0.3 is 15.2 Å². The van der Waals surface area contributed by atoms with Gasteiger partial charge in [0.15, 0.2) is 6.61 Å². The summed E-state index contributed by atoms with van der Waals surface area (Å²) in [6, 6.07) is 4.30. The van der Waals surface area contributed by atoms with Crippen molar-refractivity contribution in [1.29, 1.82) is 0 Å². The van der Waals surface area contributed by atoms with Crippen LogP contribution in [0.15, 0.2) is 16.6 Å². The van der Waals surface area contributed by atoms with Gasteiger partial charge >= 0.3 is 5.97 Å². The fraction of sp³-hybridized carbons (Fsp3) is 0.588. The lowest BCUT2D eigenvalue weighted by Crippen LogP contribution is -2.28. The molecule has 23 heavy (non-hydrogen) atoms. The van der Waals surface area contributed by atoms with Crippen molar-refractivity contribution in [1.82, 2.24) is 4.90 Å². The Kier molecular flexibility index (Phi) is 6.44. The van der Waals surface area contributed by atoms with Crippen molar-refractivity contribution < 1.29 is 14.3 Å². The van der Waals surface area contributed by atoms with Gasteiger partial charge in [-0.25, -0.2) is 4.79 Å². The molecule has 1 aliphatic rings. The van der Waals surface area contributed by atoms with Gasteiger partial charge in [0.25, 0.3) is 0 Å². The van der Waals surface area contributed by atoms with Crippen molar-refractivity contribution in [2.45, 2.75) is 33.4 Å². The Hall–Kier alpha value is -1.11. The SMILES string of the molecule is CCOC(=O)COc1c(Br)cc(C)cc1CN1CC(C)C(N)C1. The zero-order chi connectivity index (χ0) is 17.0. The third-order valence-corrected chi connectivity index (χ3v) is 4.63. The molecule has 2 N–H and O–H groups in total. The van der Waals surface area contributed by atoms with Crippen molar-refractivity contribution >= 4 is 21.9 Å². The lowest BCUT2D eigenvalue weighted by molar-refractivity contribution is -0.145. The minimum atomic E-state index is -0.359. The van der Waals surface area contributed by atoms with E-state index in [0.717, 1.165) is 35.2 Å². The third-order valence-electron chi connectivity index (χ3n) is 4.04. The van der Waals surface area contributed by atoms with Gasteiger partial charge in [0.1, 0.15) is 5.75 Å². The zero-order valence-corrected chi connectivity index (χ0v) is 15.6. The van der Waals surface area contributed by atoms with Crippen LogP contribution in [0.25, 0.3) is 0 Å². The van der Waals surface area contributed by atoms with Crippen LogP contribution in [0.5, 0.6) is 5.75 Å². The van der Waals surface area contributed by atoms with Gasteiger partial charge in [-0.05, 0) is 47.3 Å². The number of carbonyl (C=O) groups excluding carboxylic acids is 1. The largest absolute Gasteiger partial charge is 0.480 e. The lowest BCUT2D eigenvalue weighted by atomic mass is 10.1. The van der Waals surface area contributed by atoms with E-state index in [-0.39, 0.29) is 18.6 Å². The first-order chi connectivity index (χ1) is 10.9. The molecule has 1 aliphatic heterocycles. The van der Waals surface area contributed by atoms with Crippen LogP contribution >= 0.6 is 15.9 Å². The molecule has 2 rings (SSSR count). The van der Waals surface area contributed by atoms with E-state index in [4.69, 9.17) is 15.2 Å². The van der Waals surface area contributed by atoms with E-state index in [2.05, 4.69) is 33.8 Å². The zero-order valence-electron chi connectivity index (χ0n) is 14.0. The number of esters is 1. The van der Waals surface area contributed by atoms with Crippen molar-refractivity contribution in [2.75, 3.05) is 26.3 Å². The van der Waals surface area contributed by atoms with Crippen LogP contribution < -0.4 is 10.5 Å². The van der Waals surface area contributed by atoms with E-state index in [1.807, 2.05) is 13.0 Å². The molecule has 1 aromatic carbocycles. The summed E-state index contributed by atoms with van der Waals surface area (Å²) < 4.78 is 11.5. The van der Waals surface area contributed by atoms with Crippen molar-refractivity contribution in [3.63, 3.8) is 0 Å². The van der Waals surface area contributed by atoms with Crippen LogP contribution in [0.3, 0.4) is 0 Å². The Morgan fingerprint density at radius 3 is 2.78 bits per heavy atom. The number of nitrogens with two attached hydrogens (primary N) is 1. The molecule has 2 unspecified atom stereocenters. The molecule has 0 spiro atoms. The quantitative estimate of drug-likeness (QED) is 0.763. The van der Waals surface area contributed by atoms with Crippen LogP contribution in [0.1, 0.15) is 25.0 Å². The second-order valence-electron chi connectivity index (χ2n) is 6.16. The summed E-state index contributed by atoms with van der Waals surface area (Å²) in [6.07, 6.45) is 0. The molecule has 0 radical (unpaired) electrons. The molecule has 1 aromatic rings. The Bertz CT molecular complexity index is 555. The number of halogens is 1. The molecular weight excluding hydrogens is 360 g/mol. The monoisotopic (exact) mass is 384 g/mol. The average Bonchev–Trinajstić information content (AvgIpc) is 2.76. The second-order valence-corrected chi connectivity index (χ2v) is 7.02. The third kappa shape index (κ3) is 4.93. The molecule has 1 heterocycles. The van der Waals surface area contributed by atoms with Crippen LogP contribution in [0, 0.1) is 12.8 Å². The van der Waals surface area contributed by atoms with E-state index >= 15 is 0 Å². The Morgan fingerprint density at radius 1 is 1.43 bits per heavy atom. The number of nitrogens with zero attached hydrogens (tertiary/aromatic N) is 1. The second kappa shape index (κ2) is 8.13. The van der Waals surface area contributed by atoms with E-state index in [0.29, 0.717) is 18.3 Å². The number of aryl methyl sites for hydroxylation is 1. The Labute approximate surface area is 146 Å².